The number of alkyl halides is 1. The van der Waals surface area contributed by atoms with Crippen molar-refractivity contribution in [3.8, 4) is 0 Å². The Hall–Kier alpha value is -1.81. The molecule has 0 unspecified atom stereocenters. The Morgan fingerprint density at radius 1 is 1.11 bits per heavy atom. The normalized spacial score (nSPS) is 10.8. The lowest BCUT2D eigenvalue weighted by atomic mass is 10.3. The van der Waals surface area contributed by atoms with Gasteiger partial charge in [-0.25, -0.2) is 4.98 Å². The van der Waals surface area contributed by atoms with E-state index in [1.54, 1.807) is 0 Å². The number of halogens is 1. The summed E-state index contributed by atoms with van der Waals surface area (Å²) in [5.74, 6) is 0.981. The molecule has 0 aliphatic rings. The summed E-state index contributed by atoms with van der Waals surface area (Å²) >= 11 is 3.56. The highest BCUT2D eigenvalue weighted by Crippen LogP contribution is 2.28. The predicted molar refractivity (Wildman–Crippen MR) is 82.3 cm³/mol. The lowest BCUT2D eigenvalue weighted by Crippen LogP contribution is -2.11. The van der Waals surface area contributed by atoms with Crippen molar-refractivity contribution < 1.29 is 0 Å². The molecule has 0 saturated carbocycles. The average Bonchev–Trinajstić information content (AvgIpc) is 2.85. The molecule has 3 nitrogen and oxygen atoms in total. The number of para-hydroxylation sites is 1. The van der Waals surface area contributed by atoms with Crippen molar-refractivity contribution in [2.75, 3.05) is 11.9 Å². The number of hydrogen-bond donors (Lipinski definition) is 0. The molecule has 0 saturated heterocycles. The van der Waals surface area contributed by atoms with Gasteiger partial charge in [0.2, 0.25) is 0 Å². The average molecular weight is 316 g/mol. The minimum Gasteiger partial charge on any atom is -0.328 e. The van der Waals surface area contributed by atoms with Gasteiger partial charge in [0.1, 0.15) is 5.65 Å². The van der Waals surface area contributed by atoms with E-state index in [1.165, 1.54) is 0 Å². The summed E-state index contributed by atoms with van der Waals surface area (Å²) in [6.45, 7) is 0. The Kier molecular flexibility index (Phi) is 3.25. The van der Waals surface area contributed by atoms with Crippen LogP contribution >= 0.6 is 15.9 Å². The van der Waals surface area contributed by atoms with E-state index < -0.39 is 0 Å². The quantitative estimate of drug-likeness (QED) is 0.681. The second-order valence-electron chi connectivity index (χ2n) is 4.34. The SMILES string of the molecule is CN(c1ccccc1)c1nc2ccccn2c1CBr. The molecule has 96 valence electrons. The maximum atomic E-state index is 4.72. The van der Waals surface area contributed by atoms with E-state index in [0.29, 0.717) is 0 Å². The number of aromatic nitrogens is 2. The molecule has 4 heteroatoms. The first-order chi connectivity index (χ1) is 9.31. The van der Waals surface area contributed by atoms with Crippen LogP contribution < -0.4 is 4.90 Å². The number of rotatable bonds is 3. The van der Waals surface area contributed by atoms with Crippen LogP contribution in [0.4, 0.5) is 11.5 Å². The van der Waals surface area contributed by atoms with Crippen LogP contribution in [0, 0.1) is 0 Å². The Morgan fingerprint density at radius 3 is 2.58 bits per heavy atom. The summed E-state index contributed by atoms with van der Waals surface area (Å²) in [6, 6.07) is 16.3. The highest BCUT2D eigenvalue weighted by atomic mass is 79.9. The third-order valence-corrected chi connectivity index (χ3v) is 3.73. The molecule has 0 atom stereocenters. The Bertz CT molecular complexity index is 691. The summed E-state index contributed by atoms with van der Waals surface area (Å²) in [4.78, 5) is 6.83. The molecule has 0 aliphatic heterocycles. The lowest BCUT2D eigenvalue weighted by Gasteiger charge is -2.17. The molecular weight excluding hydrogens is 302 g/mol. The third-order valence-electron chi connectivity index (χ3n) is 3.20. The summed E-state index contributed by atoms with van der Waals surface area (Å²) in [6.07, 6.45) is 2.04. The van der Waals surface area contributed by atoms with E-state index in [1.807, 2.05) is 49.6 Å². The smallest absolute Gasteiger partial charge is 0.156 e. The van der Waals surface area contributed by atoms with Crippen LogP contribution in [0.3, 0.4) is 0 Å². The Labute approximate surface area is 120 Å². The second-order valence-corrected chi connectivity index (χ2v) is 4.90. The number of anilines is 2. The summed E-state index contributed by atoms with van der Waals surface area (Å²) in [7, 11) is 2.04. The van der Waals surface area contributed by atoms with E-state index in [4.69, 9.17) is 4.98 Å². The first-order valence-corrected chi connectivity index (χ1v) is 7.24. The van der Waals surface area contributed by atoms with Gasteiger partial charge < -0.3 is 9.30 Å². The van der Waals surface area contributed by atoms with Crippen molar-refractivity contribution in [3.05, 3.63) is 60.4 Å². The van der Waals surface area contributed by atoms with Gasteiger partial charge in [-0.15, -0.1) is 0 Å². The van der Waals surface area contributed by atoms with E-state index in [2.05, 4.69) is 37.4 Å². The van der Waals surface area contributed by atoms with Gasteiger partial charge in [0, 0.05) is 24.3 Å². The zero-order valence-electron chi connectivity index (χ0n) is 10.6. The highest BCUT2D eigenvalue weighted by Gasteiger charge is 2.15. The zero-order chi connectivity index (χ0) is 13.2. The maximum absolute atomic E-state index is 4.72. The molecule has 2 aromatic heterocycles. The molecule has 19 heavy (non-hydrogen) atoms. The number of hydrogen-bond acceptors (Lipinski definition) is 2. The van der Waals surface area contributed by atoms with Crippen LogP contribution in [-0.4, -0.2) is 16.4 Å². The first kappa shape index (κ1) is 12.2. The Morgan fingerprint density at radius 2 is 1.84 bits per heavy atom. The molecule has 1 aromatic carbocycles. The molecule has 0 N–H and O–H groups in total. The topological polar surface area (TPSA) is 20.5 Å². The molecule has 0 spiro atoms. The van der Waals surface area contributed by atoms with E-state index in [0.717, 1.165) is 28.2 Å². The van der Waals surface area contributed by atoms with Gasteiger partial charge in [0.05, 0.1) is 5.69 Å². The number of benzene rings is 1. The molecular formula is C15H14BrN3. The minimum absolute atomic E-state index is 0.769. The van der Waals surface area contributed by atoms with Crippen LogP contribution in [-0.2, 0) is 5.33 Å². The van der Waals surface area contributed by atoms with Gasteiger partial charge in [0.15, 0.2) is 5.82 Å². The summed E-state index contributed by atoms with van der Waals surface area (Å²) < 4.78 is 2.11. The highest BCUT2D eigenvalue weighted by molar-refractivity contribution is 9.08. The third kappa shape index (κ3) is 2.12. The van der Waals surface area contributed by atoms with Crippen molar-refractivity contribution in [2.45, 2.75) is 5.33 Å². The minimum atomic E-state index is 0.769. The van der Waals surface area contributed by atoms with E-state index in [-0.39, 0.29) is 0 Å². The van der Waals surface area contributed by atoms with Crippen molar-refractivity contribution >= 4 is 33.1 Å². The fraction of sp³-hybridized carbons (Fsp3) is 0.133. The monoisotopic (exact) mass is 315 g/mol. The molecule has 3 rings (SSSR count). The number of pyridine rings is 1. The number of fused-ring (bicyclic) bond motifs is 1. The molecule has 0 fully saturated rings. The van der Waals surface area contributed by atoms with E-state index >= 15 is 0 Å². The van der Waals surface area contributed by atoms with Gasteiger partial charge in [-0.05, 0) is 24.3 Å². The fourth-order valence-electron chi connectivity index (χ4n) is 2.20. The summed E-state index contributed by atoms with van der Waals surface area (Å²) in [5.41, 5.74) is 3.25. The first-order valence-electron chi connectivity index (χ1n) is 6.12. The molecule has 0 amide bonds. The van der Waals surface area contributed by atoms with Gasteiger partial charge in [-0.1, -0.05) is 40.2 Å². The molecule has 2 heterocycles. The summed E-state index contributed by atoms with van der Waals surface area (Å²) in [5, 5.41) is 0.769. The zero-order valence-corrected chi connectivity index (χ0v) is 12.2. The van der Waals surface area contributed by atoms with Crippen LogP contribution in [0.25, 0.3) is 5.65 Å². The maximum Gasteiger partial charge on any atom is 0.156 e. The van der Waals surface area contributed by atoms with Crippen LogP contribution in [0.2, 0.25) is 0 Å². The number of nitrogens with zero attached hydrogens (tertiary/aromatic N) is 3. The van der Waals surface area contributed by atoms with Gasteiger partial charge in [0.25, 0.3) is 0 Å². The second kappa shape index (κ2) is 5.05. The molecule has 0 aliphatic carbocycles. The van der Waals surface area contributed by atoms with Crippen molar-refractivity contribution in [1.82, 2.24) is 9.38 Å². The van der Waals surface area contributed by atoms with Crippen LogP contribution in [0.1, 0.15) is 5.69 Å². The van der Waals surface area contributed by atoms with Gasteiger partial charge in [-0.3, -0.25) is 0 Å². The molecule has 0 radical (unpaired) electrons. The molecule has 3 aromatic rings. The van der Waals surface area contributed by atoms with Crippen molar-refractivity contribution in [1.29, 1.82) is 0 Å². The molecule has 0 bridgehead atoms. The van der Waals surface area contributed by atoms with Gasteiger partial charge in [-0.2, -0.15) is 0 Å². The lowest BCUT2D eigenvalue weighted by molar-refractivity contribution is 1.07. The fourth-order valence-corrected chi connectivity index (χ4v) is 2.72. The number of imidazole rings is 1. The van der Waals surface area contributed by atoms with E-state index in [9.17, 15) is 0 Å². The van der Waals surface area contributed by atoms with Gasteiger partial charge >= 0.3 is 0 Å². The largest absolute Gasteiger partial charge is 0.328 e. The van der Waals surface area contributed by atoms with Crippen molar-refractivity contribution in [3.63, 3.8) is 0 Å². The van der Waals surface area contributed by atoms with Crippen LogP contribution in [0.5, 0.6) is 0 Å². The predicted octanol–water partition coefficient (Wildman–Crippen LogP) is 4.00. The van der Waals surface area contributed by atoms with Crippen LogP contribution in [0.15, 0.2) is 54.7 Å². The van der Waals surface area contributed by atoms with Crippen molar-refractivity contribution in [2.24, 2.45) is 0 Å². The standard InChI is InChI=1S/C15H14BrN3/c1-18(12-7-3-2-4-8-12)15-13(11-16)19-10-6-5-9-14(19)17-15/h2-10H,11H2,1H3. The Balaban J connectivity index is 2.14.